The summed E-state index contributed by atoms with van der Waals surface area (Å²) in [6.07, 6.45) is 27.6. The van der Waals surface area contributed by atoms with Gasteiger partial charge in [-0.2, -0.15) is 0 Å². The molecule has 0 bridgehead atoms. The van der Waals surface area contributed by atoms with E-state index in [1.54, 1.807) is 0 Å². The number of carbonyl (C=O) groups is 2. The van der Waals surface area contributed by atoms with Crippen LogP contribution in [0.5, 0.6) is 0 Å². The van der Waals surface area contributed by atoms with Gasteiger partial charge in [0.05, 0.1) is 13.2 Å². The lowest BCUT2D eigenvalue weighted by molar-refractivity contribution is -0.161. The molecule has 0 amide bonds. The summed E-state index contributed by atoms with van der Waals surface area (Å²) in [5, 5.41) is 0. The third kappa shape index (κ3) is 27.9. The Morgan fingerprint density at radius 1 is 0.756 bits per heavy atom. The molecule has 0 saturated heterocycles. The number of allylic oxidation sites excluding steroid dienone is 8. The third-order valence-electron chi connectivity index (χ3n) is 5.77. The summed E-state index contributed by atoms with van der Waals surface area (Å²) in [6, 6.07) is 0. The van der Waals surface area contributed by atoms with Crippen LogP contribution in [0.2, 0.25) is 0 Å². The Morgan fingerprint density at radius 2 is 1.41 bits per heavy atom. The molecule has 0 aliphatic rings. The van der Waals surface area contributed by atoms with Crippen molar-refractivity contribution in [1.29, 1.82) is 0 Å². The molecule has 9 nitrogen and oxygen atoms in total. The van der Waals surface area contributed by atoms with Crippen LogP contribution in [-0.2, 0) is 32.7 Å². The van der Waals surface area contributed by atoms with Gasteiger partial charge in [-0.15, -0.1) is 0 Å². The molecule has 0 aliphatic carbocycles. The van der Waals surface area contributed by atoms with Gasteiger partial charge in [0.25, 0.3) is 0 Å². The van der Waals surface area contributed by atoms with Gasteiger partial charge in [0, 0.05) is 19.4 Å². The highest BCUT2D eigenvalue weighted by atomic mass is 31.2. The van der Waals surface area contributed by atoms with Crippen molar-refractivity contribution >= 4 is 19.8 Å². The minimum absolute atomic E-state index is 0.0436. The third-order valence-corrected chi connectivity index (χ3v) is 6.76. The smallest absolute Gasteiger partial charge is 0.462 e. The van der Waals surface area contributed by atoms with Crippen molar-refractivity contribution in [3.63, 3.8) is 0 Å². The van der Waals surface area contributed by atoms with E-state index in [0.29, 0.717) is 12.8 Å². The van der Waals surface area contributed by atoms with E-state index in [4.69, 9.17) is 24.3 Å². The highest BCUT2D eigenvalue weighted by molar-refractivity contribution is 7.47. The monoisotopic (exact) mass is 599 g/mol. The van der Waals surface area contributed by atoms with Gasteiger partial charge < -0.3 is 20.1 Å². The quantitative estimate of drug-likeness (QED) is 0.0329. The van der Waals surface area contributed by atoms with Crippen molar-refractivity contribution in [2.75, 3.05) is 26.4 Å². The fourth-order valence-electron chi connectivity index (χ4n) is 3.53. The zero-order valence-corrected chi connectivity index (χ0v) is 26.1. The Kier molecular flexibility index (Phi) is 26.7. The first-order chi connectivity index (χ1) is 19.8. The number of nitrogens with two attached hydrogens (primary N) is 1. The highest BCUT2D eigenvalue weighted by Gasteiger charge is 2.25. The second-order valence-electron chi connectivity index (χ2n) is 9.64. The maximum atomic E-state index is 12.4. The molecule has 0 aromatic carbocycles. The first kappa shape index (κ1) is 39.0. The summed E-state index contributed by atoms with van der Waals surface area (Å²) in [4.78, 5) is 34.3. The lowest BCUT2D eigenvalue weighted by atomic mass is 10.1. The van der Waals surface area contributed by atoms with E-state index in [0.717, 1.165) is 57.8 Å². The number of rotatable bonds is 27. The fourth-order valence-corrected chi connectivity index (χ4v) is 4.30. The van der Waals surface area contributed by atoms with Crippen molar-refractivity contribution in [3.8, 4) is 0 Å². The average Bonchev–Trinajstić information content (AvgIpc) is 2.95. The molecule has 0 aromatic rings. The van der Waals surface area contributed by atoms with E-state index in [9.17, 15) is 19.0 Å². The predicted octanol–water partition coefficient (Wildman–Crippen LogP) is 7.26. The number of hydrogen-bond acceptors (Lipinski definition) is 8. The fraction of sp³-hybridized carbons (Fsp3) is 0.677. The van der Waals surface area contributed by atoms with Crippen LogP contribution in [0, 0.1) is 0 Å². The standard InChI is InChI=1S/C31H54NO8P/c1-3-5-7-9-11-12-13-14-15-16-18-20-22-24-31(34)40-29(28-39-41(35,36)38-26-25-32)27-37-30(33)23-21-19-17-10-8-6-4-2/h5,7,9,11-13,17,19,29H,3-4,6,8,10,14-16,18,20-28,32H2,1-2H3,(H,35,36)/b7-5+,11-9+,13-12+,19-17+. The van der Waals surface area contributed by atoms with Gasteiger partial charge in [-0.25, -0.2) is 4.57 Å². The van der Waals surface area contributed by atoms with Crippen LogP contribution in [0.25, 0.3) is 0 Å². The van der Waals surface area contributed by atoms with E-state index >= 15 is 0 Å². The van der Waals surface area contributed by atoms with Gasteiger partial charge in [-0.1, -0.05) is 94.6 Å². The van der Waals surface area contributed by atoms with E-state index < -0.39 is 32.5 Å². The van der Waals surface area contributed by atoms with Gasteiger partial charge in [-0.3, -0.25) is 18.6 Å². The van der Waals surface area contributed by atoms with Crippen LogP contribution in [0.15, 0.2) is 48.6 Å². The Balaban J connectivity index is 4.42. The summed E-state index contributed by atoms with van der Waals surface area (Å²) in [7, 11) is -4.37. The first-order valence-corrected chi connectivity index (χ1v) is 16.6. The van der Waals surface area contributed by atoms with Gasteiger partial charge in [-0.05, 0) is 44.9 Å². The Labute approximate surface area is 247 Å². The summed E-state index contributed by atoms with van der Waals surface area (Å²) >= 11 is 0. The van der Waals surface area contributed by atoms with E-state index in [2.05, 4.69) is 38.2 Å². The number of carbonyl (C=O) groups excluding carboxylic acids is 2. The van der Waals surface area contributed by atoms with Crippen molar-refractivity contribution in [2.45, 2.75) is 110 Å². The maximum Gasteiger partial charge on any atom is 0.472 e. The Bertz CT molecular complexity index is 825. The summed E-state index contributed by atoms with van der Waals surface area (Å²) in [6.45, 7) is 3.40. The van der Waals surface area contributed by atoms with Gasteiger partial charge in [0.2, 0.25) is 0 Å². The second kappa shape index (κ2) is 28.1. The Hall–Kier alpha value is -2.03. The molecule has 10 heteroatoms. The SMILES string of the molecule is CC/C=C/C=C/C=C/CCCCCCCC(=O)OC(COC(=O)CC/C=C/CCCCC)COP(=O)(O)OCCN. The van der Waals surface area contributed by atoms with Gasteiger partial charge in [0.1, 0.15) is 6.61 Å². The van der Waals surface area contributed by atoms with Gasteiger partial charge in [0.15, 0.2) is 6.10 Å². The van der Waals surface area contributed by atoms with E-state index in [-0.39, 0.29) is 32.6 Å². The molecular weight excluding hydrogens is 545 g/mol. The molecule has 2 atom stereocenters. The molecule has 41 heavy (non-hydrogen) atoms. The lowest BCUT2D eigenvalue weighted by Crippen LogP contribution is -2.29. The molecule has 0 aliphatic heterocycles. The normalized spacial score (nSPS) is 14.3. The van der Waals surface area contributed by atoms with Crippen molar-refractivity contribution in [2.24, 2.45) is 5.73 Å². The van der Waals surface area contributed by atoms with E-state index in [1.165, 1.54) is 6.42 Å². The topological polar surface area (TPSA) is 134 Å². The molecule has 0 radical (unpaired) electrons. The molecule has 0 fully saturated rings. The number of unbranched alkanes of at least 4 members (excludes halogenated alkanes) is 8. The largest absolute Gasteiger partial charge is 0.472 e. The number of hydrogen-bond donors (Lipinski definition) is 2. The molecule has 3 N–H and O–H groups in total. The second-order valence-corrected chi connectivity index (χ2v) is 11.1. The summed E-state index contributed by atoms with van der Waals surface area (Å²) < 4.78 is 32.3. The van der Waals surface area contributed by atoms with Crippen molar-refractivity contribution in [3.05, 3.63) is 48.6 Å². The molecule has 0 heterocycles. The van der Waals surface area contributed by atoms with Crippen LogP contribution in [-0.4, -0.2) is 49.3 Å². The number of ether oxygens (including phenoxy) is 2. The van der Waals surface area contributed by atoms with Gasteiger partial charge >= 0.3 is 19.8 Å². The molecule has 0 rings (SSSR count). The highest BCUT2D eigenvalue weighted by Crippen LogP contribution is 2.43. The maximum absolute atomic E-state index is 12.4. The summed E-state index contributed by atoms with van der Waals surface area (Å²) in [5.41, 5.74) is 5.29. The van der Waals surface area contributed by atoms with Crippen molar-refractivity contribution in [1.82, 2.24) is 0 Å². The van der Waals surface area contributed by atoms with Crippen molar-refractivity contribution < 1.29 is 37.6 Å². The van der Waals surface area contributed by atoms with Crippen LogP contribution < -0.4 is 5.73 Å². The number of phosphoric acid groups is 1. The Morgan fingerprint density at radius 3 is 2.15 bits per heavy atom. The molecule has 2 unspecified atom stereocenters. The van der Waals surface area contributed by atoms with Crippen LogP contribution in [0.4, 0.5) is 0 Å². The van der Waals surface area contributed by atoms with Crippen LogP contribution in [0.1, 0.15) is 104 Å². The lowest BCUT2D eigenvalue weighted by Gasteiger charge is -2.19. The molecule has 0 saturated carbocycles. The van der Waals surface area contributed by atoms with Crippen LogP contribution >= 0.6 is 7.82 Å². The average molecular weight is 600 g/mol. The summed E-state index contributed by atoms with van der Waals surface area (Å²) in [5.74, 6) is -0.929. The predicted molar refractivity (Wildman–Crippen MR) is 164 cm³/mol. The molecule has 0 aromatic heterocycles. The van der Waals surface area contributed by atoms with E-state index in [1.807, 2.05) is 24.3 Å². The minimum atomic E-state index is -4.37. The molecule has 236 valence electrons. The zero-order chi connectivity index (χ0) is 30.4. The van der Waals surface area contributed by atoms with Crippen LogP contribution in [0.3, 0.4) is 0 Å². The molecular formula is C31H54NO8P. The molecule has 0 spiro atoms. The minimum Gasteiger partial charge on any atom is -0.462 e. The first-order valence-electron chi connectivity index (χ1n) is 15.1. The number of phosphoric ester groups is 1. The zero-order valence-electron chi connectivity index (χ0n) is 25.3. The number of esters is 2.